The minimum Gasteiger partial charge on any atom is -0.304 e. The van der Waals surface area contributed by atoms with E-state index in [0.29, 0.717) is 0 Å². The summed E-state index contributed by atoms with van der Waals surface area (Å²) in [4.78, 5) is 2.47. The van der Waals surface area contributed by atoms with Gasteiger partial charge in [0.2, 0.25) is 0 Å². The van der Waals surface area contributed by atoms with Crippen molar-refractivity contribution >= 4 is 0 Å². The molecule has 2 aromatic rings. The fraction of sp³-hybridized carbons (Fsp3) is 0.353. The van der Waals surface area contributed by atoms with Crippen LogP contribution in [0.3, 0.4) is 0 Å². The summed E-state index contributed by atoms with van der Waals surface area (Å²) in [5.41, 5.74) is 4.09. The van der Waals surface area contributed by atoms with Crippen LogP contribution in [0.2, 0.25) is 0 Å². The van der Waals surface area contributed by atoms with Crippen LogP contribution in [-0.4, -0.2) is 24.5 Å². The fourth-order valence-corrected chi connectivity index (χ4v) is 2.29. The summed E-state index contributed by atoms with van der Waals surface area (Å²) < 4.78 is 0. The minimum atomic E-state index is 0. The van der Waals surface area contributed by atoms with E-state index in [1.165, 1.54) is 16.7 Å². The normalized spacial score (nSPS) is 10.5. The van der Waals surface area contributed by atoms with Gasteiger partial charge in [-0.2, -0.15) is 0 Å². The molecule has 0 aromatic heterocycles. The van der Waals surface area contributed by atoms with E-state index >= 15 is 0 Å². The SMILES string of the molecule is CCN(CC)CCc1cc[c-](-c2ccccc2)c1.[Ti]. The van der Waals surface area contributed by atoms with Gasteiger partial charge in [0.25, 0.3) is 0 Å². The maximum absolute atomic E-state index is 2.47. The Kier molecular flexibility index (Phi) is 7.22. The molecule has 0 aliphatic carbocycles. The molecule has 100 valence electrons. The summed E-state index contributed by atoms with van der Waals surface area (Å²) in [6.45, 7) is 7.89. The van der Waals surface area contributed by atoms with Crippen LogP contribution in [0.5, 0.6) is 0 Å². The Morgan fingerprint density at radius 1 is 1.00 bits per heavy atom. The van der Waals surface area contributed by atoms with Crippen molar-refractivity contribution in [2.24, 2.45) is 0 Å². The van der Waals surface area contributed by atoms with Crippen LogP contribution in [0.15, 0.2) is 48.5 Å². The summed E-state index contributed by atoms with van der Waals surface area (Å²) in [5.74, 6) is 0. The van der Waals surface area contributed by atoms with E-state index in [9.17, 15) is 0 Å². The Hall–Kier alpha value is -0.756. The third kappa shape index (κ3) is 4.69. The molecule has 2 aromatic carbocycles. The zero-order valence-electron chi connectivity index (χ0n) is 11.9. The van der Waals surface area contributed by atoms with Crippen molar-refractivity contribution in [2.45, 2.75) is 20.3 Å². The molecule has 0 spiro atoms. The molecule has 0 atom stereocenters. The second-order valence-corrected chi connectivity index (χ2v) is 4.65. The van der Waals surface area contributed by atoms with Gasteiger partial charge in [0.15, 0.2) is 0 Å². The fourth-order valence-electron chi connectivity index (χ4n) is 2.29. The molecule has 0 amide bonds. The molecule has 0 aliphatic rings. The van der Waals surface area contributed by atoms with Gasteiger partial charge >= 0.3 is 0 Å². The first kappa shape index (κ1) is 16.3. The Labute approximate surface area is 131 Å². The molecule has 0 heterocycles. The first-order valence-electron chi connectivity index (χ1n) is 6.87. The Balaban J connectivity index is 0.00000180. The van der Waals surface area contributed by atoms with Gasteiger partial charge in [-0.25, -0.2) is 0 Å². The Morgan fingerprint density at radius 3 is 2.32 bits per heavy atom. The van der Waals surface area contributed by atoms with E-state index < -0.39 is 0 Å². The van der Waals surface area contributed by atoms with Crippen LogP contribution < -0.4 is 0 Å². The zero-order valence-corrected chi connectivity index (χ0v) is 13.5. The monoisotopic (exact) mass is 288 g/mol. The van der Waals surface area contributed by atoms with E-state index in [0.717, 1.165) is 26.1 Å². The maximum Gasteiger partial charge on any atom is 0 e. The molecule has 19 heavy (non-hydrogen) atoms. The van der Waals surface area contributed by atoms with Crippen molar-refractivity contribution in [2.75, 3.05) is 19.6 Å². The number of likely N-dealkylation sites (N-methyl/N-ethyl adjacent to an activating group) is 1. The number of benzene rings is 1. The molecule has 0 unspecified atom stereocenters. The van der Waals surface area contributed by atoms with Crippen molar-refractivity contribution in [1.29, 1.82) is 0 Å². The second-order valence-electron chi connectivity index (χ2n) is 4.65. The molecule has 0 aliphatic heterocycles. The Morgan fingerprint density at radius 2 is 1.68 bits per heavy atom. The van der Waals surface area contributed by atoms with E-state index in [4.69, 9.17) is 0 Å². The topological polar surface area (TPSA) is 3.24 Å². The van der Waals surface area contributed by atoms with Crippen molar-refractivity contribution < 1.29 is 21.7 Å². The third-order valence-electron chi connectivity index (χ3n) is 3.54. The summed E-state index contributed by atoms with van der Waals surface area (Å²) in [5, 5.41) is 0. The first-order valence-corrected chi connectivity index (χ1v) is 6.87. The molecule has 1 nitrogen and oxygen atoms in total. The predicted octanol–water partition coefficient (Wildman–Crippen LogP) is 3.95. The van der Waals surface area contributed by atoms with Crippen LogP contribution in [0, 0.1) is 0 Å². The van der Waals surface area contributed by atoms with Gasteiger partial charge in [-0.05, 0) is 26.1 Å². The molecule has 0 bridgehead atoms. The number of rotatable bonds is 6. The van der Waals surface area contributed by atoms with Crippen molar-refractivity contribution in [3.8, 4) is 11.1 Å². The molecular weight excluding hydrogens is 266 g/mol. The van der Waals surface area contributed by atoms with E-state index in [1.54, 1.807) is 0 Å². The minimum absolute atomic E-state index is 0. The molecule has 2 rings (SSSR count). The van der Waals surface area contributed by atoms with Crippen molar-refractivity contribution in [3.05, 3.63) is 54.1 Å². The molecule has 0 saturated heterocycles. The van der Waals surface area contributed by atoms with Gasteiger partial charge in [0, 0.05) is 21.7 Å². The van der Waals surface area contributed by atoms with Gasteiger partial charge in [-0.15, -0.1) is 41.5 Å². The standard InChI is InChI=1S/C17H22N.Ti/c1-3-18(4-2)13-12-15-10-11-17(14-15)16-8-6-5-7-9-16;/h5-11,14H,3-4,12-13H2,1-2H3;/q-1;. The van der Waals surface area contributed by atoms with Gasteiger partial charge in [0.05, 0.1) is 0 Å². The smallest absolute Gasteiger partial charge is 0 e. The number of hydrogen-bond acceptors (Lipinski definition) is 1. The molecule has 0 radical (unpaired) electrons. The molecule has 2 heteroatoms. The van der Waals surface area contributed by atoms with Crippen LogP contribution in [-0.2, 0) is 28.1 Å². The zero-order chi connectivity index (χ0) is 12.8. The number of nitrogens with zero attached hydrogens (tertiary/aromatic N) is 1. The Bertz CT molecular complexity index is 457. The summed E-state index contributed by atoms with van der Waals surface area (Å²) in [7, 11) is 0. The van der Waals surface area contributed by atoms with Gasteiger partial charge in [-0.1, -0.05) is 37.6 Å². The maximum atomic E-state index is 2.47. The van der Waals surface area contributed by atoms with E-state index in [1.807, 2.05) is 0 Å². The predicted molar refractivity (Wildman–Crippen MR) is 79.0 cm³/mol. The van der Waals surface area contributed by atoms with E-state index in [2.05, 4.69) is 67.3 Å². The van der Waals surface area contributed by atoms with Crippen LogP contribution >= 0.6 is 0 Å². The molecule has 0 N–H and O–H groups in total. The largest absolute Gasteiger partial charge is 0.304 e. The molecule has 0 saturated carbocycles. The van der Waals surface area contributed by atoms with Crippen molar-refractivity contribution in [1.82, 2.24) is 4.90 Å². The van der Waals surface area contributed by atoms with Crippen LogP contribution in [0.25, 0.3) is 11.1 Å². The van der Waals surface area contributed by atoms with Gasteiger partial charge in [0.1, 0.15) is 0 Å². The van der Waals surface area contributed by atoms with E-state index in [-0.39, 0.29) is 21.7 Å². The quantitative estimate of drug-likeness (QED) is 0.574. The summed E-state index contributed by atoms with van der Waals surface area (Å²) in [6, 6.07) is 17.4. The second kappa shape index (κ2) is 8.42. The average molecular weight is 288 g/mol. The molecule has 0 fully saturated rings. The van der Waals surface area contributed by atoms with Gasteiger partial charge < -0.3 is 4.90 Å². The average Bonchev–Trinajstić information content (AvgIpc) is 2.90. The third-order valence-corrected chi connectivity index (χ3v) is 3.54. The molecular formula is C17H22NTi-. The van der Waals surface area contributed by atoms with Crippen molar-refractivity contribution in [3.63, 3.8) is 0 Å². The first-order chi connectivity index (χ1) is 8.83. The summed E-state index contributed by atoms with van der Waals surface area (Å²) in [6.07, 6.45) is 1.15. The number of hydrogen-bond donors (Lipinski definition) is 0. The van der Waals surface area contributed by atoms with Gasteiger partial charge in [-0.3, -0.25) is 0 Å². The van der Waals surface area contributed by atoms with Crippen LogP contribution in [0.1, 0.15) is 19.4 Å². The van der Waals surface area contributed by atoms with Crippen LogP contribution in [0.4, 0.5) is 0 Å². The summed E-state index contributed by atoms with van der Waals surface area (Å²) >= 11 is 0.